The lowest BCUT2D eigenvalue weighted by Crippen LogP contribution is -2.13. The van der Waals surface area contributed by atoms with Gasteiger partial charge in [0.15, 0.2) is 0 Å². The van der Waals surface area contributed by atoms with Gasteiger partial charge in [0, 0.05) is 13.2 Å². The number of aryl methyl sites for hydroxylation is 1. The van der Waals surface area contributed by atoms with E-state index in [2.05, 4.69) is 9.82 Å². The van der Waals surface area contributed by atoms with E-state index in [1.807, 2.05) is 0 Å². The number of benzene rings is 1. The van der Waals surface area contributed by atoms with Crippen LogP contribution < -0.4 is 10.5 Å². The highest BCUT2D eigenvalue weighted by molar-refractivity contribution is 7.92. The first-order valence-corrected chi connectivity index (χ1v) is 6.43. The van der Waals surface area contributed by atoms with Crippen molar-refractivity contribution in [3.8, 4) is 0 Å². The Bertz CT molecular complexity index is 681. The van der Waals surface area contributed by atoms with Crippen molar-refractivity contribution in [2.75, 3.05) is 10.5 Å². The fourth-order valence-corrected chi connectivity index (χ4v) is 2.40. The van der Waals surface area contributed by atoms with Crippen LogP contribution in [0, 0.1) is 5.82 Å². The Labute approximate surface area is 103 Å². The van der Waals surface area contributed by atoms with Gasteiger partial charge in [0.2, 0.25) is 0 Å². The predicted molar refractivity (Wildman–Crippen MR) is 64.8 cm³/mol. The van der Waals surface area contributed by atoms with Gasteiger partial charge in [-0.15, -0.1) is 0 Å². The van der Waals surface area contributed by atoms with Crippen LogP contribution in [0.4, 0.5) is 15.8 Å². The van der Waals surface area contributed by atoms with E-state index in [9.17, 15) is 12.8 Å². The van der Waals surface area contributed by atoms with Crippen LogP contribution in [0.25, 0.3) is 0 Å². The number of sulfonamides is 1. The number of nitrogens with one attached hydrogen (secondary N) is 1. The second-order valence-electron chi connectivity index (χ2n) is 3.69. The minimum absolute atomic E-state index is 0.102. The molecule has 1 heterocycles. The number of nitrogens with two attached hydrogens (primary N) is 1. The van der Waals surface area contributed by atoms with E-state index in [-0.39, 0.29) is 10.6 Å². The lowest BCUT2D eigenvalue weighted by molar-refractivity contribution is 0.596. The first kappa shape index (κ1) is 12.4. The second-order valence-corrected chi connectivity index (χ2v) is 5.37. The molecule has 1 aromatic carbocycles. The Morgan fingerprint density at radius 2 is 2.17 bits per heavy atom. The number of aromatic nitrogens is 2. The summed E-state index contributed by atoms with van der Waals surface area (Å²) in [5.74, 6) is -0.774. The zero-order chi connectivity index (χ0) is 13.3. The van der Waals surface area contributed by atoms with Gasteiger partial charge in [-0.1, -0.05) is 0 Å². The highest BCUT2D eigenvalue weighted by Crippen LogP contribution is 2.19. The Kier molecular flexibility index (Phi) is 2.95. The summed E-state index contributed by atoms with van der Waals surface area (Å²) < 4.78 is 40.8. The topological polar surface area (TPSA) is 90.0 Å². The maximum Gasteiger partial charge on any atom is 0.262 e. The van der Waals surface area contributed by atoms with E-state index in [4.69, 9.17) is 5.73 Å². The standard InChI is InChI=1S/C10H11FN4O2S/c1-15-6-7(5-13-15)14-18(16,17)8-2-3-10(12)9(11)4-8/h2-6,14H,12H2,1H3. The smallest absolute Gasteiger partial charge is 0.262 e. The van der Waals surface area contributed by atoms with Crippen LogP contribution in [0.5, 0.6) is 0 Å². The first-order chi connectivity index (χ1) is 8.38. The Morgan fingerprint density at radius 1 is 1.44 bits per heavy atom. The molecule has 1 aromatic heterocycles. The number of rotatable bonds is 3. The predicted octanol–water partition coefficient (Wildman–Crippen LogP) is 0.942. The fourth-order valence-electron chi connectivity index (χ4n) is 1.36. The van der Waals surface area contributed by atoms with Crippen LogP contribution in [0.15, 0.2) is 35.5 Å². The van der Waals surface area contributed by atoms with Crippen molar-refractivity contribution in [1.82, 2.24) is 9.78 Å². The molecule has 3 N–H and O–H groups in total. The van der Waals surface area contributed by atoms with Crippen molar-refractivity contribution in [2.45, 2.75) is 4.90 Å². The molecule has 0 fully saturated rings. The van der Waals surface area contributed by atoms with Gasteiger partial charge in [0.05, 0.1) is 22.5 Å². The van der Waals surface area contributed by atoms with Crippen molar-refractivity contribution in [3.05, 3.63) is 36.4 Å². The molecular weight excluding hydrogens is 259 g/mol. The molecule has 0 radical (unpaired) electrons. The summed E-state index contributed by atoms with van der Waals surface area (Å²) in [7, 11) is -2.18. The molecule has 0 unspecified atom stereocenters. The highest BCUT2D eigenvalue weighted by atomic mass is 32.2. The third-order valence-electron chi connectivity index (χ3n) is 2.24. The maximum atomic E-state index is 13.2. The SMILES string of the molecule is Cn1cc(NS(=O)(=O)c2ccc(N)c(F)c2)cn1. The third kappa shape index (κ3) is 2.43. The summed E-state index contributed by atoms with van der Waals surface area (Å²) in [6.45, 7) is 0. The van der Waals surface area contributed by atoms with E-state index >= 15 is 0 Å². The van der Waals surface area contributed by atoms with Gasteiger partial charge in [-0.3, -0.25) is 9.40 Å². The van der Waals surface area contributed by atoms with E-state index in [1.165, 1.54) is 29.2 Å². The van der Waals surface area contributed by atoms with Gasteiger partial charge < -0.3 is 5.73 Å². The quantitative estimate of drug-likeness (QED) is 0.812. The van der Waals surface area contributed by atoms with Crippen LogP contribution in [0.3, 0.4) is 0 Å². The third-order valence-corrected chi connectivity index (χ3v) is 3.62. The van der Waals surface area contributed by atoms with Gasteiger partial charge in [-0.2, -0.15) is 5.10 Å². The molecule has 0 aliphatic heterocycles. The van der Waals surface area contributed by atoms with E-state index in [0.717, 1.165) is 6.07 Å². The molecule has 0 aliphatic rings. The number of nitrogens with zero attached hydrogens (tertiary/aromatic N) is 2. The lowest BCUT2D eigenvalue weighted by Gasteiger charge is -2.06. The van der Waals surface area contributed by atoms with Crippen LogP contribution in [-0.2, 0) is 17.1 Å². The molecule has 2 rings (SSSR count). The monoisotopic (exact) mass is 270 g/mol. The second kappa shape index (κ2) is 4.30. The molecule has 0 saturated heterocycles. The van der Waals surface area contributed by atoms with Crippen molar-refractivity contribution in [1.29, 1.82) is 0 Å². The van der Waals surface area contributed by atoms with Gasteiger partial charge in [-0.25, -0.2) is 12.8 Å². The number of anilines is 2. The van der Waals surface area contributed by atoms with E-state index in [1.54, 1.807) is 7.05 Å². The largest absolute Gasteiger partial charge is 0.396 e. The van der Waals surface area contributed by atoms with Crippen LogP contribution in [0.1, 0.15) is 0 Å². The van der Waals surface area contributed by atoms with Crippen LogP contribution in [0.2, 0.25) is 0 Å². The lowest BCUT2D eigenvalue weighted by atomic mass is 10.3. The van der Waals surface area contributed by atoms with Gasteiger partial charge in [0.1, 0.15) is 5.82 Å². The minimum atomic E-state index is -3.84. The Balaban J connectivity index is 2.33. The molecule has 6 nitrogen and oxygen atoms in total. The summed E-state index contributed by atoms with van der Waals surface area (Å²) in [6.07, 6.45) is 2.84. The number of halogens is 1. The van der Waals surface area contributed by atoms with Crippen LogP contribution >= 0.6 is 0 Å². The summed E-state index contributed by atoms with van der Waals surface area (Å²) in [4.78, 5) is -0.196. The van der Waals surface area contributed by atoms with Gasteiger partial charge in [0.25, 0.3) is 10.0 Å². The highest BCUT2D eigenvalue weighted by Gasteiger charge is 2.16. The van der Waals surface area contributed by atoms with Crippen LogP contribution in [-0.4, -0.2) is 18.2 Å². The molecule has 18 heavy (non-hydrogen) atoms. The Hall–Kier alpha value is -2.09. The summed E-state index contributed by atoms with van der Waals surface area (Å²) in [6, 6.07) is 3.30. The zero-order valence-electron chi connectivity index (χ0n) is 9.46. The van der Waals surface area contributed by atoms with Crippen molar-refractivity contribution in [3.63, 3.8) is 0 Å². The summed E-state index contributed by atoms with van der Waals surface area (Å²) in [5, 5.41) is 3.82. The molecular formula is C10H11FN4O2S. The first-order valence-electron chi connectivity index (χ1n) is 4.95. The number of hydrogen-bond donors (Lipinski definition) is 2. The zero-order valence-corrected chi connectivity index (χ0v) is 10.3. The van der Waals surface area contributed by atoms with Crippen molar-refractivity contribution < 1.29 is 12.8 Å². The number of nitrogen functional groups attached to an aromatic ring is 1. The molecule has 0 atom stereocenters. The fraction of sp³-hybridized carbons (Fsp3) is 0.100. The normalized spacial score (nSPS) is 11.4. The molecule has 2 aromatic rings. The molecule has 0 amide bonds. The number of hydrogen-bond acceptors (Lipinski definition) is 4. The molecule has 8 heteroatoms. The molecule has 0 spiro atoms. The van der Waals surface area contributed by atoms with E-state index < -0.39 is 15.8 Å². The Morgan fingerprint density at radius 3 is 2.72 bits per heavy atom. The summed E-state index contributed by atoms with van der Waals surface area (Å²) in [5.41, 5.74) is 5.48. The minimum Gasteiger partial charge on any atom is -0.396 e. The van der Waals surface area contributed by atoms with Gasteiger partial charge >= 0.3 is 0 Å². The average Bonchev–Trinajstić information content (AvgIpc) is 2.67. The maximum absolute atomic E-state index is 13.2. The molecule has 96 valence electrons. The van der Waals surface area contributed by atoms with Crippen molar-refractivity contribution >= 4 is 21.4 Å². The van der Waals surface area contributed by atoms with E-state index in [0.29, 0.717) is 5.69 Å². The van der Waals surface area contributed by atoms with Crippen molar-refractivity contribution in [2.24, 2.45) is 7.05 Å². The molecule has 0 aliphatic carbocycles. The molecule has 0 bridgehead atoms. The summed E-state index contributed by atoms with van der Waals surface area (Å²) >= 11 is 0. The van der Waals surface area contributed by atoms with Gasteiger partial charge in [-0.05, 0) is 18.2 Å². The average molecular weight is 270 g/mol. The molecule has 0 saturated carbocycles.